The molecular formula is C11H24N2O. The fourth-order valence-corrected chi connectivity index (χ4v) is 1.24. The van der Waals surface area contributed by atoms with E-state index >= 15 is 0 Å². The van der Waals surface area contributed by atoms with Crippen LogP contribution in [-0.4, -0.2) is 12.5 Å². The van der Waals surface area contributed by atoms with E-state index in [2.05, 4.69) is 24.7 Å². The topological polar surface area (TPSA) is 41.1 Å². The molecule has 1 amide bonds. The number of hydrogen-bond acceptors (Lipinski definition) is 2. The lowest BCUT2D eigenvalue weighted by Crippen LogP contribution is -2.37. The van der Waals surface area contributed by atoms with Gasteiger partial charge in [-0.15, -0.1) is 0 Å². The van der Waals surface area contributed by atoms with Crippen molar-refractivity contribution in [2.45, 2.75) is 58.8 Å². The Bertz CT molecular complexity index is 137. The predicted molar refractivity (Wildman–Crippen MR) is 59.8 cm³/mol. The van der Waals surface area contributed by atoms with Crippen molar-refractivity contribution in [1.82, 2.24) is 10.9 Å². The Labute approximate surface area is 87.6 Å². The van der Waals surface area contributed by atoms with Crippen molar-refractivity contribution in [3.8, 4) is 0 Å². The lowest BCUT2D eigenvalue weighted by atomic mass is 10.1. The van der Waals surface area contributed by atoms with Gasteiger partial charge in [0.1, 0.15) is 0 Å². The van der Waals surface area contributed by atoms with Crippen LogP contribution in [0.3, 0.4) is 0 Å². The zero-order valence-corrected chi connectivity index (χ0v) is 9.57. The van der Waals surface area contributed by atoms with Gasteiger partial charge in [-0.3, -0.25) is 10.2 Å². The van der Waals surface area contributed by atoms with Crippen LogP contribution in [0.4, 0.5) is 0 Å². The summed E-state index contributed by atoms with van der Waals surface area (Å²) in [6, 6.07) is 0. The number of hydrazine groups is 1. The Morgan fingerprint density at radius 2 is 1.71 bits per heavy atom. The Kier molecular flexibility index (Phi) is 10.1. The largest absolute Gasteiger partial charge is 0.292 e. The summed E-state index contributed by atoms with van der Waals surface area (Å²) >= 11 is 0. The Hall–Kier alpha value is -0.570. The molecule has 0 atom stereocenters. The van der Waals surface area contributed by atoms with Gasteiger partial charge in [-0.25, -0.2) is 5.43 Å². The summed E-state index contributed by atoms with van der Waals surface area (Å²) in [5.74, 6) is 0.120. The highest BCUT2D eigenvalue weighted by Gasteiger charge is 1.98. The second kappa shape index (κ2) is 10.5. The highest BCUT2D eigenvalue weighted by molar-refractivity contribution is 5.75. The van der Waals surface area contributed by atoms with E-state index in [0.29, 0.717) is 6.42 Å². The van der Waals surface area contributed by atoms with Gasteiger partial charge < -0.3 is 0 Å². The first-order chi connectivity index (χ1) is 6.81. The van der Waals surface area contributed by atoms with Gasteiger partial charge in [-0.1, -0.05) is 39.5 Å². The van der Waals surface area contributed by atoms with E-state index in [9.17, 15) is 4.79 Å². The first kappa shape index (κ1) is 13.4. The first-order valence-corrected chi connectivity index (χ1v) is 5.83. The molecule has 3 nitrogen and oxygen atoms in total. The molecule has 14 heavy (non-hydrogen) atoms. The summed E-state index contributed by atoms with van der Waals surface area (Å²) in [7, 11) is 0. The van der Waals surface area contributed by atoms with E-state index in [1.807, 2.05) is 0 Å². The van der Waals surface area contributed by atoms with Crippen LogP contribution in [0.25, 0.3) is 0 Å². The SMILES string of the molecule is CCCCCCCC(=O)NNCCC. The molecular weight excluding hydrogens is 176 g/mol. The number of carbonyl (C=O) groups excluding carboxylic acids is 1. The number of hydrogen-bond donors (Lipinski definition) is 2. The quantitative estimate of drug-likeness (QED) is 0.443. The third-order valence-electron chi connectivity index (χ3n) is 2.11. The minimum absolute atomic E-state index is 0.120. The Morgan fingerprint density at radius 3 is 2.36 bits per heavy atom. The summed E-state index contributed by atoms with van der Waals surface area (Å²) in [6.45, 7) is 5.12. The molecule has 0 rings (SSSR count). The second-order valence-electron chi connectivity index (χ2n) is 3.64. The zero-order chi connectivity index (χ0) is 10.6. The van der Waals surface area contributed by atoms with Crippen LogP contribution in [0.15, 0.2) is 0 Å². The fraction of sp³-hybridized carbons (Fsp3) is 0.909. The highest BCUT2D eigenvalue weighted by Crippen LogP contribution is 2.04. The summed E-state index contributed by atoms with van der Waals surface area (Å²) in [5, 5.41) is 0. The van der Waals surface area contributed by atoms with E-state index in [4.69, 9.17) is 0 Å². The molecule has 0 fully saturated rings. The Morgan fingerprint density at radius 1 is 1.00 bits per heavy atom. The number of rotatable bonds is 9. The average molecular weight is 200 g/mol. The molecule has 0 bridgehead atoms. The molecule has 0 aliphatic heterocycles. The average Bonchev–Trinajstić information content (AvgIpc) is 2.18. The van der Waals surface area contributed by atoms with Crippen molar-refractivity contribution in [1.29, 1.82) is 0 Å². The molecule has 3 heteroatoms. The lowest BCUT2D eigenvalue weighted by molar-refractivity contribution is -0.122. The Balaban J connectivity index is 3.10. The van der Waals surface area contributed by atoms with Gasteiger partial charge in [0.2, 0.25) is 5.91 Å². The maximum absolute atomic E-state index is 11.2. The predicted octanol–water partition coefficient (Wildman–Crippen LogP) is 2.38. The van der Waals surface area contributed by atoms with Crippen LogP contribution in [0.5, 0.6) is 0 Å². The molecule has 0 aromatic carbocycles. The van der Waals surface area contributed by atoms with Gasteiger partial charge in [-0.05, 0) is 12.8 Å². The van der Waals surface area contributed by atoms with Crippen molar-refractivity contribution in [3.05, 3.63) is 0 Å². The van der Waals surface area contributed by atoms with Crippen molar-refractivity contribution in [3.63, 3.8) is 0 Å². The zero-order valence-electron chi connectivity index (χ0n) is 9.57. The number of unbranched alkanes of at least 4 members (excludes halogenated alkanes) is 4. The number of carbonyl (C=O) groups is 1. The number of nitrogens with one attached hydrogen (secondary N) is 2. The van der Waals surface area contributed by atoms with Crippen molar-refractivity contribution < 1.29 is 4.79 Å². The summed E-state index contributed by atoms with van der Waals surface area (Å²) in [4.78, 5) is 11.2. The van der Waals surface area contributed by atoms with Crippen LogP contribution in [0, 0.1) is 0 Å². The smallest absolute Gasteiger partial charge is 0.234 e. The minimum Gasteiger partial charge on any atom is -0.292 e. The van der Waals surface area contributed by atoms with E-state index in [1.165, 1.54) is 25.7 Å². The molecule has 0 heterocycles. The summed E-state index contributed by atoms with van der Waals surface area (Å²) < 4.78 is 0. The van der Waals surface area contributed by atoms with E-state index in [1.54, 1.807) is 0 Å². The highest BCUT2D eigenvalue weighted by atomic mass is 16.2. The third kappa shape index (κ3) is 9.52. The van der Waals surface area contributed by atoms with Crippen molar-refractivity contribution >= 4 is 5.91 Å². The molecule has 0 saturated heterocycles. The van der Waals surface area contributed by atoms with E-state index < -0.39 is 0 Å². The summed E-state index contributed by atoms with van der Waals surface area (Å²) in [5.41, 5.74) is 5.57. The molecule has 0 radical (unpaired) electrons. The molecule has 0 spiro atoms. The molecule has 0 aliphatic carbocycles. The standard InChI is InChI=1S/C11H24N2O/c1-3-5-6-7-8-9-11(14)13-12-10-4-2/h12H,3-10H2,1-2H3,(H,13,14). The van der Waals surface area contributed by atoms with Crippen LogP contribution in [-0.2, 0) is 4.79 Å². The van der Waals surface area contributed by atoms with Crippen LogP contribution in [0.1, 0.15) is 58.8 Å². The maximum atomic E-state index is 11.2. The minimum atomic E-state index is 0.120. The monoisotopic (exact) mass is 200 g/mol. The molecule has 0 saturated carbocycles. The van der Waals surface area contributed by atoms with Crippen LogP contribution in [0.2, 0.25) is 0 Å². The lowest BCUT2D eigenvalue weighted by Gasteiger charge is -2.05. The van der Waals surface area contributed by atoms with Gasteiger partial charge >= 0.3 is 0 Å². The molecule has 0 aromatic heterocycles. The van der Waals surface area contributed by atoms with Gasteiger partial charge in [0.15, 0.2) is 0 Å². The maximum Gasteiger partial charge on any atom is 0.234 e. The first-order valence-electron chi connectivity index (χ1n) is 5.83. The number of amides is 1. The molecule has 0 aliphatic rings. The molecule has 84 valence electrons. The molecule has 2 N–H and O–H groups in total. The van der Waals surface area contributed by atoms with Gasteiger partial charge in [0, 0.05) is 13.0 Å². The van der Waals surface area contributed by atoms with E-state index in [0.717, 1.165) is 19.4 Å². The fourth-order valence-electron chi connectivity index (χ4n) is 1.24. The normalized spacial score (nSPS) is 10.1. The molecule has 0 unspecified atom stereocenters. The van der Waals surface area contributed by atoms with Crippen LogP contribution >= 0.6 is 0 Å². The molecule has 0 aromatic rings. The van der Waals surface area contributed by atoms with Gasteiger partial charge in [0.25, 0.3) is 0 Å². The van der Waals surface area contributed by atoms with Crippen LogP contribution < -0.4 is 10.9 Å². The third-order valence-corrected chi connectivity index (χ3v) is 2.11. The van der Waals surface area contributed by atoms with Gasteiger partial charge in [0.05, 0.1) is 0 Å². The second-order valence-corrected chi connectivity index (χ2v) is 3.64. The van der Waals surface area contributed by atoms with Crippen molar-refractivity contribution in [2.24, 2.45) is 0 Å². The van der Waals surface area contributed by atoms with E-state index in [-0.39, 0.29) is 5.91 Å². The van der Waals surface area contributed by atoms with Gasteiger partial charge in [-0.2, -0.15) is 0 Å². The summed E-state index contributed by atoms with van der Waals surface area (Å²) in [6.07, 6.45) is 7.68. The van der Waals surface area contributed by atoms with Crippen molar-refractivity contribution in [2.75, 3.05) is 6.54 Å².